The maximum Gasteiger partial charge on any atom is 0.193 e. The quantitative estimate of drug-likeness (QED) is 0.655. The van der Waals surface area contributed by atoms with Crippen LogP contribution in [-0.2, 0) is 15.3 Å². The summed E-state index contributed by atoms with van der Waals surface area (Å²) < 4.78 is 36.7. The van der Waals surface area contributed by atoms with Gasteiger partial charge in [0.15, 0.2) is 15.8 Å². The smallest absolute Gasteiger partial charge is 0.193 e. The van der Waals surface area contributed by atoms with Crippen LogP contribution in [0, 0.1) is 5.82 Å². The Hall–Kier alpha value is -1.63. The van der Waals surface area contributed by atoms with Crippen molar-refractivity contribution in [2.45, 2.75) is 36.9 Å². The van der Waals surface area contributed by atoms with Gasteiger partial charge in [-0.15, -0.1) is 0 Å². The Morgan fingerprint density at radius 1 is 1.28 bits per heavy atom. The molecule has 0 aromatic heterocycles. The minimum Gasteiger partial charge on any atom is -0.355 e. The highest BCUT2D eigenvalue weighted by atomic mass is 32.2. The Morgan fingerprint density at radius 3 is 2.44 bits per heavy atom. The minimum atomic E-state index is -3.07. The molecule has 3 rings (SSSR count). The normalized spacial score (nSPS) is 24.0. The van der Waals surface area contributed by atoms with Gasteiger partial charge in [0.1, 0.15) is 5.82 Å². The first-order valence-electron chi connectivity index (χ1n) is 8.63. The SMILES string of the molecule is CN=C(NCC1(c2ccc(F)cc2)CC1)N1CCS(=O)(=O)C(C)(C)C1. The topological polar surface area (TPSA) is 61.8 Å². The molecule has 2 aliphatic rings. The fraction of sp³-hybridized carbons (Fsp3) is 0.611. The maximum absolute atomic E-state index is 13.2. The fourth-order valence-corrected chi connectivity index (χ4v) is 4.79. The van der Waals surface area contributed by atoms with E-state index in [0.29, 0.717) is 13.1 Å². The van der Waals surface area contributed by atoms with Crippen LogP contribution < -0.4 is 5.32 Å². The average molecular weight is 367 g/mol. The van der Waals surface area contributed by atoms with Gasteiger partial charge in [-0.2, -0.15) is 0 Å². The molecule has 1 saturated heterocycles. The van der Waals surface area contributed by atoms with E-state index in [0.717, 1.165) is 30.9 Å². The molecule has 25 heavy (non-hydrogen) atoms. The second kappa shape index (κ2) is 6.27. The van der Waals surface area contributed by atoms with Gasteiger partial charge in [0, 0.05) is 32.1 Å². The first kappa shape index (κ1) is 18.2. The van der Waals surface area contributed by atoms with Crippen molar-refractivity contribution < 1.29 is 12.8 Å². The van der Waals surface area contributed by atoms with Crippen LogP contribution in [0.1, 0.15) is 32.3 Å². The van der Waals surface area contributed by atoms with Gasteiger partial charge in [-0.25, -0.2) is 12.8 Å². The van der Waals surface area contributed by atoms with Crippen LogP contribution in [0.3, 0.4) is 0 Å². The second-order valence-corrected chi connectivity index (χ2v) is 10.4. The van der Waals surface area contributed by atoms with E-state index in [1.165, 1.54) is 12.1 Å². The highest BCUT2D eigenvalue weighted by Gasteiger charge is 2.45. The van der Waals surface area contributed by atoms with Crippen LogP contribution in [0.2, 0.25) is 0 Å². The molecule has 1 aromatic rings. The molecule has 1 aromatic carbocycles. The van der Waals surface area contributed by atoms with Gasteiger partial charge < -0.3 is 10.2 Å². The number of guanidine groups is 1. The average Bonchev–Trinajstić information content (AvgIpc) is 3.33. The zero-order chi connectivity index (χ0) is 18.3. The number of halogens is 1. The summed E-state index contributed by atoms with van der Waals surface area (Å²) in [6, 6.07) is 6.71. The van der Waals surface area contributed by atoms with Gasteiger partial charge in [-0.1, -0.05) is 12.1 Å². The van der Waals surface area contributed by atoms with Crippen molar-refractivity contribution in [1.29, 1.82) is 0 Å². The summed E-state index contributed by atoms with van der Waals surface area (Å²) in [5, 5.41) is 3.41. The van der Waals surface area contributed by atoms with Crippen molar-refractivity contribution >= 4 is 15.8 Å². The second-order valence-electron chi connectivity index (χ2n) is 7.69. The molecular weight excluding hydrogens is 341 g/mol. The molecule has 1 heterocycles. The third-order valence-electron chi connectivity index (χ3n) is 5.45. The molecule has 0 unspecified atom stereocenters. The van der Waals surface area contributed by atoms with Gasteiger partial charge >= 0.3 is 0 Å². The van der Waals surface area contributed by atoms with E-state index < -0.39 is 14.6 Å². The molecule has 0 spiro atoms. The van der Waals surface area contributed by atoms with Gasteiger partial charge in [0.2, 0.25) is 0 Å². The molecular formula is C18H26FN3O2S. The zero-order valence-corrected chi connectivity index (χ0v) is 15.9. The van der Waals surface area contributed by atoms with E-state index in [2.05, 4.69) is 10.3 Å². The van der Waals surface area contributed by atoms with E-state index in [1.807, 2.05) is 17.0 Å². The van der Waals surface area contributed by atoms with Gasteiger partial charge in [0.05, 0.1) is 10.5 Å². The standard InChI is InChI=1S/C18H26FN3O2S/c1-17(2)13-22(10-11-25(17,23)24)16(20-3)21-12-18(8-9-18)14-4-6-15(19)7-5-14/h4-7H,8-13H2,1-3H3,(H,20,21). The van der Waals surface area contributed by atoms with Crippen LogP contribution in [-0.4, -0.2) is 56.5 Å². The van der Waals surface area contributed by atoms with Crippen LogP contribution in [0.5, 0.6) is 0 Å². The Bertz CT molecular complexity index is 768. The molecule has 1 saturated carbocycles. The number of nitrogens with zero attached hydrogens (tertiary/aromatic N) is 2. The first-order chi connectivity index (χ1) is 11.7. The molecule has 0 amide bonds. The molecule has 0 bridgehead atoms. The number of sulfone groups is 1. The Morgan fingerprint density at radius 2 is 1.92 bits per heavy atom. The number of aliphatic imine (C=N–C) groups is 1. The Kier molecular flexibility index (Phi) is 4.56. The van der Waals surface area contributed by atoms with E-state index >= 15 is 0 Å². The van der Waals surface area contributed by atoms with Crippen LogP contribution in [0.25, 0.3) is 0 Å². The van der Waals surface area contributed by atoms with Crippen molar-refractivity contribution in [3.63, 3.8) is 0 Å². The van der Waals surface area contributed by atoms with E-state index in [1.54, 1.807) is 20.9 Å². The molecule has 1 N–H and O–H groups in total. The predicted octanol–water partition coefficient (Wildman–Crippen LogP) is 1.94. The van der Waals surface area contributed by atoms with Crippen LogP contribution in [0.4, 0.5) is 4.39 Å². The predicted molar refractivity (Wildman–Crippen MR) is 98.1 cm³/mol. The number of hydrogen-bond acceptors (Lipinski definition) is 3. The Balaban J connectivity index is 1.67. The largest absolute Gasteiger partial charge is 0.355 e. The van der Waals surface area contributed by atoms with Crippen LogP contribution >= 0.6 is 0 Å². The maximum atomic E-state index is 13.2. The van der Waals surface area contributed by atoms with Gasteiger partial charge in [0.25, 0.3) is 0 Å². The molecule has 0 radical (unpaired) electrons. The summed E-state index contributed by atoms with van der Waals surface area (Å²) in [4.78, 5) is 6.36. The Labute approximate surface area is 149 Å². The molecule has 1 aliphatic carbocycles. The highest BCUT2D eigenvalue weighted by Crippen LogP contribution is 2.47. The van der Waals surface area contributed by atoms with Gasteiger partial charge in [-0.3, -0.25) is 4.99 Å². The lowest BCUT2D eigenvalue weighted by molar-refractivity contribution is 0.352. The third kappa shape index (κ3) is 3.52. The lowest BCUT2D eigenvalue weighted by Crippen LogP contribution is -2.57. The van der Waals surface area contributed by atoms with Crippen molar-refractivity contribution in [2.75, 3.05) is 32.4 Å². The summed E-state index contributed by atoms with van der Waals surface area (Å²) >= 11 is 0. The summed E-state index contributed by atoms with van der Waals surface area (Å²) in [6.45, 7) is 5.13. The lowest BCUT2D eigenvalue weighted by Gasteiger charge is -2.39. The van der Waals surface area contributed by atoms with Crippen molar-refractivity contribution in [2.24, 2.45) is 4.99 Å². The first-order valence-corrected chi connectivity index (χ1v) is 10.3. The van der Waals surface area contributed by atoms with Crippen LogP contribution in [0.15, 0.2) is 29.3 Å². The zero-order valence-electron chi connectivity index (χ0n) is 15.0. The molecule has 0 atom stereocenters. The number of hydrogen-bond donors (Lipinski definition) is 1. The van der Waals surface area contributed by atoms with E-state index in [4.69, 9.17) is 0 Å². The molecule has 1 aliphatic heterocycles. The molecule has 5 nitrogen and oxygen atoms in total. The van der Waals surface area contributed by atoms with Gasteiger partial charge in [-0.05, 0) is 44.4 Å². The van der Waals surface area contributed by atoms with Crippen molar-refractivity contribution in [3.8, 4) is 0 Å². The molecule has 138 valence electrons. The molecule has 7 heteroatoms. The number of rotatable bonds is 3. The van der Waals surface area contributed by atoms with Crippen molar-refractivity contribution in [3.05, 3.63) is 35.6 Å². The number of benzene rings is 1. The van der Waals surface area contributed by atoms with E-state index in [-0.39, 0.29) is 17.0 Å². The van der Waals surface area contributed by atoms with E-state index in [9.17, 15) is 12.8 Å². The summed E-state index contributed by atoms with van der Waals surface area (Å²) in [5.41, 5.74) is 1.17. The summed E-state index contributed by atoms with van der Waals surface area (Å²) in [7, 11) is -1.36. The third-order valence-corrected chi connectivity index (χ3v) is 7.98. The number of nitrogens with one attached hydrogen (secondary N) is 1. The van der Waals surface area contributed by atoms with Crippen molar-refractivity contribution in [1.82, 2.24) is 10.2 Å². The fourth-order valence-electron chi connectivity index (χ4n) is 3.43. The lowest BCUT2D eigenvalue weighted by atomic mass is 9.96. The summed E-state index contributed by atoms with van der Waals surface area (Å²) in [5.74, 6) is 0.653. The minimum absolute atomic E-state index is 0.0288. The monoisotopic (exact) mass is 367 g/mol. The molecule has 2 fully saturated rings. The summed E-state index contributed by atoms with van der Waals surface area (Å²) in [6.07, 6.45) is 2.12. The highest BCUT2D eigenvalue weighted by molar-refractivity contribution is 7.92.